The van der Waals surface area contributed by atoms with Crippen LogP contribution in [0.15, 0.2) is 53.7 Å². The predicted octanol–water partition coefficient (Wildman–Crippen LogP) is 3.50. The molecule has 0 atom stereocenters. The van der Waals surface area contributed by atoms with Gasteiger partial charge in [-0.15, -0.1) is 24.0 Å². The van der Waals surface area contributed by atoms with Crippen LogP contribution in [0.4, 0.5) is 5.69 Å². The minimum atomic E-state index is 0. The standard InChI is InChI=1S/C24H31N7O.HI/c1-4-25-24(30-13-11-29(12-14-30)21-7-5-6-8-22(21)32)27-17-20-9-10-23(26-16-20)31-19(3)15-18(2)28-31;/h5-10,15-16,32H,4,11-14,17H2,1-3H3,(H,25,27);1H. The Morgan fingerprint density at radius 2 is 1.85 bits per heavy atom. The van der Waals surface area contributed by atoms with Crippen molar-refractivity contribution < 1.29 is 5.11 Å². The number of rotatable bonds is 5. The molecule has 33 heavy (non-hydrogen) atoms. The van der Waals surface area contributed by atoms with E-state index in [2.05, 4.69) is 38.2 Å². The third-order valence-corrected chi connectivity index (χ3v) is 5.58. The summed E-state index contributed by atoms with van der Waals surface area (Å²) in [5, 5.41) is 18.0. The van der Waals surface area contributed by atoms with Gasteiger partial charge < -0.3 is 20.2 Å². The first-order chi connectivity index (χ1) is 15.5. The van der Waals surface area contributed by atoms with E-state index in [4.69, 9.17) is 4.99 Å². The van der Waals surface area contributed by atoms with Crippen molar-refractivity contribution in [2.75, 3.05) is 37.6 Å². The highest BCUT2D eigenvalue weighted by molar-refractivity contribution is 14.0. The number of piperazine rings is 1. The molecular formula is C24H32IN7O. The SMILES string of the molecule is CCNC(=NCc1ccc(-n2nc(C)cc2C)nc1)N1CCN(c2ccccc2O)CC1.I. The zero-order valence-electron chi connectivity index (χ0n) is 19.4. The molecule has 8 nitrogen and oxygen atoms in total. The Morgan fingerprint density at radius 1 is 1.09 bits per heavy atom. The summed E-state index contributed by atoms with van der Waals surface area (Å²) in [6.45, 7) is 10.8. The number of hydrogen-bond donors (Lipinski definition) is 2. The molecule has 1 aliphatic rings. The second-order valence-electron chi connectivity index (χ2n) is 8.00. The number of anilines is 1. The predicted molar refractivity (Wildman–Crippen MR) is 143 cm³/mol. The van der Waals surface area contributed by atoms with Crippen molar-refractivity contribution in [3.8, 4) is 11.6 Å². The van der Waals surface area contributed by atoms with E-state index in [0.29, 0.717) is 12.3 Å². The van der Waals surface area contributed by atoms with Gasteiger partial charge in [-0.2, -0.15) is 5.10 Å². The summed E-state index contributed by atoms with van der Waals surface area (Å²) >= 11 is 0. The van der Waals surface area contributed by atoms with Gasteiger partial charge in [-0.25, -0.2) is 14.7 Å². The van der Waals surface area contributed by atoms with Crippen LogP contribution in [0, 0.1) is 13.8 Å². The number of halogens is 1. The lowest BCUT2D eigenvalue weighted by atomic mass is 10.2. The Labute approximate surface area is 212 Å². The molecule has 1 fully saturated rings. The van der Waals surface area contributed by atoms with Gasteiger partial charge >= 0.3 is 0 Å². The molecule has 0 spiro atoms. The topological polar surface area (TPSA) is 81.8 Å². The fraction of sp³-hybridized carbons (Fsp3) is 0.375. The second kappa shape index (κ2) is 11.4. The quantitative estimate of drug-likeness (QED) is 0.282. The van der Waals surface area contributed by atoms with Gasteiger partial charge in [0.2, 0.25) is 0 Å². The van der Waals surface area contributed by atoms with Crippen molar-refractivity contribution in [1.82, 2.24) is 25.0 Å². The van der Waals surface area contributed by atoms with Gasteiger partial charge in [-0.3, -0.25) is 0 Å². The van der Waals surface area contributed by atoms with Gasteiger partial charge in [0.15, 0.2) is 11.8 Å². The lowest BCUT2D eigenvalue weighted by Gasteiger charge is -2.37. The van der Waals surface area contributed by atoms with Crippen LogP contribution in [0.3, 0.4) is 0 Å². The van der Waals surface area contributed by atoms with Crippen molar-refractivity contribution >= 4 is 35.6 Å². The number of phenolic OH excluding ortho intramolecular Hbond substituents is 1. The number of hydrogen-bond acceptors (Lipinski definition) is 5. The highest BCUT2D eigenvalue weighted by Gasteiger charge is 2.21. The third kappa shape index (κ3) is 5.95. The van der Waals surface area contributed by atoms with E-state index < -0.39 is 0 Å². The Balaban J connectivity index is 0.00000306. The monoisotopic (exact) mass is 561 g/mol. The molecule has 0 radical (unpaired) electrons. The zero-order valence-corrected chi connectivity index (χ0v) is 21.7. The maximum atomic E-state index is 10.1. The normalized spacial score (nSPS) is 14.2. The molecule has 0 amide bonds. The van der Waals surface area contributed by atoms with Crippen molar-refractivity contribution in [2.24, 2.45) is 4.99 Å². The molecule has 3 aromatic rings. The van der Waals surface area contributed by atoms with E-state index in [1.807, 2.05) is 55.1 Å². The van der Waals surface area contributed by atoms with E-state index in [1.165, 1.54) is 0 Å². The summed E-state index contributed by atoms with van der Waals surface area (Å²) in [4.78, 5) is 13.9. The molecule has 1 aromatic carbocycles. The van der Waals surface area contributed by atoms with Crippen molar-refractivity contribution in [2.45, 2.75) is 27.3 Å². The lowest BCUT2D eigenvalue weighted by molar-refractivity contribution is 0.369. The number of para-hydroxylation sites is 2. The number of aromatic hydroxyl groups is 1. The highest BCUT2D eigenvalue weighted by Crippen LogP contribution is 2.27. The van der Waals surface area contributed by atoms with Gasteiger partial charge in [0, 0.05) is 44.6 Å². The van der Waals surface area contributed by atoms with Crippen LogP contribution < -0.4 is 10.2 Å². The van der Waals surface area contributed by atoms with Crippen molar-refractivity contribution in [1.29, 1.82) is 0 Å². The van der Waals surface area contributed by atoms with E-state index in [-0.39, 0.29) is 24.0 Å². The Bertz CT molecular complexity index is 1070. The smallest absolute Gasteiger partial charge is 0.194 e. The van der Waals surface area contributed by atoms with E-state index in [0.717, 1.165) is 67.1 Å². The summed E-state index contributed by atoms with van der Waals surface area (Å²) in [5.41, 5.74) is 4.00. The number of aliphatic imine (C=N–C) groups is 1. The summed E-state index contributed by atoms with van der Waals surface area (Å²) in [5.74, 6) is 2.06. The first kappa shape index (κ1) is 24.8. The van der Waals surface area contributed by atoms with Crippen molar-refractivity contribution in [3.05, 3.63) is 65.6 Å². The maximum Gasteiger partial charge on any atom is 0.194 e. The molecular weight excluding hydrogens is 529 g/mol. The largest absolute Gasteiger partial charge is 0.506 e. The first-order valence-electron chi connectivity index (χ1n) is 11.1. The van der Waals surface area contributed by atoms with Crippen LogP contribution in [0.25, 0.3) is 5.82 Å². The molecule has 4 rings (SSSR count). The summed E-state index contributed by atoms with van der Waals surface area (Å²) in [6.07, 6.45) is 1.87. The number of nitrogens with one attached hydrogen (secondary N) is 1. The summed E-state index contributed by atoms with van der Waals surface area (Å²) in [6, 6.07) is 13.6. The Morgan fingerprint density at radius 3 is 2.45 bits per heavy atom. The molecule has 3 heterocycles. The lowest BCUT2D eigenvalue weighted by Crippen LogP contribution is -2.52. The number of nitrogens with zero attached hydrogens (tertiary/aromatic N) is 6. The molecule has 1 aliphatic heterocycles. The van der Waals surface area contributed by atoms with Gasteiger partial charge in [0.05, 0.1) is 17.9 Å². The number of aryl methyl sites for hydroxylation is 2. The van der Waals surface area contributed by atoms with E-state index in [9.17, 15) is 5.11 Å². The average Bonchev–Trinajstić information content (AvgIpc) is 3.15. The second-order valence-corrected chi connectivity index (χ2v) is 8.00. The molecule has 0 aliphatic carbocycles. The zero-order chi connectivity index (χ0) is 22.5. The van der Waals surface area contributed by atoms with Crippen LogP contribution in [0.2, 0.25) is 0 Å². The van der Waals surface area contributed by atoms with Crippen LogP contribution in [0.1, 0.15) is 23.9 Å². The molecule has 176 valence electrons. The number of aromatic nitrogens is 3. The van der Waals surface area contributed by atoms with Crippen LogP contribution >= 0.6 is 24.0 Å². The van der Waals surface area contributed by atoms with Gasteiger partial charge in [0.25, 0.3) is 0 Å². The molecule has 0 unspecified atom stereocenters. The van der Waals surface area contributed by atoms with E-state index >= 15 is 0 Å². The molecule has 0 bridgehead atoms. The minimum absolute atomic E-state index is 0. The van der Waals surface area contributed by atoms with Crippen LogP contribution in [-0.4, -0.2) is 63.5 Å². The van der Waals surface area contributed by atoms with Gasteiger partial charge in [0.1, 0.15) is 5.75 Å². The molecule has 2 aromatic heterocycles. The maximum absolute atomic E-state index is 10.1. The molecule has 9 heteroatoms. The fourth-order valence-corrected chi connectivity index (χ4v) is 3.98. The molecule has 2 N–H and O–H groups in total. The fourth-order valence-electron chi connectivity index (χ4n) is 3.98. The number of benzene rings is 1. The van der Waals surface area contributed by atoms with E-state index in [1.54, 1.807) is 6.07 Å². The van der Waals surface area contributed by atoms with Crippen LogP contribution in [-0.2, 0) is 6.54 Å². The first-order valence-corrected chi connectivity index (χ1v) is 11.1. The van der Waals surface area contributed by atoms with Crippen LogP contribution in [0.5, 0.6) is 5.75 Å². The van der Waals surface area contributed by atoms with Gasteiger partial charge in [-0.1, -0.05) is 18.2 Å². The number of pyridine rings is 1. The highest BCUT2D eigenvalue weighted by atomic mass is 127. The summed E-state index contributed by atoms with van der Waals surface area (Å²) in [7, 11) is 0. The number of guanidine groups is 1. The van der Waals surface area contributed by atoms with Crippen molar-refractivity contribution in [3.63, 3.8) is 0 Å². The third-order valence-electron chi connectivity index (χ3n) is 5.58. The molecule has 1 saturated heterocycles. The molecule has 0 saturated carbocycles. The summed E-state index contributed by atoms with van der Waals surface area (Å²) < 4.78 is 1.86. The average molecular weight is 561 g/mol. The Kier molecular flexibility index (Phi) is 8.54. The Hall–Kier alpha value is -2.82. The minimum Gasteiger partial charge on any atom is -0.506 e. The van der Waals surface area contributed by atoms with Gasteiger partial charge in [-0.05, 0) is 50.6 Å². The number of phenols is 1.